The largest absolute Gasteiger partial charge is 0.489 e. The number of hydrogen-bond acceptors (Lipinski definition) is 3. The summed E-state index contributed by atoms with van der Waals surface area (Å²) in [4.78, 5) is 15.0. The lowest BCUT2D eigenvalue weighted by Crippen LogP contribution is -2.12. The van der Waals surface area contributed by atoms with Crippen molar-refractivity contribution in [2.45, 2.75) is 60.5 Å². The topological polar surface area (TPSA) is 39.2 Å². The van der Waals surface area contributed by atoms with Crippen molar-refractivity contribution in [3.8, 4) is 5.75 Å². The Kier molecular flexibility index (Phi) is 6.70. The molecule has 0 saturated heterocycles. The third-order valence-electron chi connectivity index (χ3n) is 5.05. The van der Waals surface area contributed by atoms with Crippen LogP contribution in [0.5, 0.6) is 5.75 Å². The van der Waals surface area contributed by atoms with Gasteiger partial charge in [-0.05, 0) is 74.6 Å². The molecule has 0 fully saturated rings. The molecule has 0 atom stereocenters. The minimum absolute atomic E-state index is 0.241. The molecule has 0 bridgehead atoms. The highest BCUT2D eigenvalue weighted by atomic mass is 19.3. The van der Waals surface area contributed by atoms with Crippen molar-refractivity contribution < 1.29 is 18.3 Å². The van der Waals surface area contributed by atoms with E-state index in [4.69, 9.17) is 4.74 Å². The first-order chi connectivity index (χ1) is 13.1. The number of aldehydes is 1. The third kappa shape index (κ3) is 4.64. The number of benzene rings is 1. The van der Waals surface area contributed by atoms with Crippen molar-refractivity contribution in [2.24, 2.45) is 0 Å². The average Bonchev–Trinajstić information content (AvgIpc) is 2.62. The Bertz CT molecular complexity index is 912. The van der Waals surface area contributed by atoms with E-state index in [2.05, 4.69) is 4.98 Å². The van der Waals surface area contributed by atoms with Gasteiger partial charge in [0.15, 0.2) is 0 Å². The number of ether oxygens (including phenoxy) is 1. The van der Waals surface area contributed by atoms with Gasteiger partial charge < -0.3 is 9.53 Å². The minimum atomic E-state index is -2.96. The predicted octanol–water partition coefficient (Wildman–Crippen LogP) is 6.00. The molecule has 150 valence electrons. The molecular weight excluding hydrogens is 360 g/mol. The number of carbonyl (C=O) groups excluding carboxylic acids is 1. The Balaban J connectivity index is 2.30. The number of allylic oxidation sites excluding steroid dienone is 2. The highest BCUT2D eigenvalue weighted by molar-refractivity contribution is 5.81. The van der Waals surface area contributed by atoms with Crippen LogP contribution in [0.2, 0.25) is 0 Å². The standard InChI is InChI=1S/C23H27F2NO2/c1-7-18(10-11-27)22-14(2)12-20(15(3)16(22)4)28-13-19-8-9-21(23(6,24)25)26-17(19)5/h7-9,11-12H,10,13H2,1-6H3/b18-7-. The molecule has 1 aromatic carbocycles. The van der Waals surface area contributed by atoms with Crippen molar-refractivity contribution in [2.75, 3.05) is 0 Å². The molecule has 0 radical (unpaired) electrons. The first-order valence-corrected chi connectivity index (χ1v) is 9.27. The molecule has 0 unspecified atom stereocenters. The number of carbonyl (C=O) groups is 1. The molecule has 0 N–H and O–H groups in total. The number of rotatable bonds is 7. The molecule has 0 spiro atoms. The van der Waals surface area contributed by atoms with Gasteiger partial charge in [0, 0.05) is 24.6 Å². The van der Waals surface area contributed by atoms with E-state index in [1.807, 2.05) is 39.8 Å². The summed E-state index contributed by atoms with van der Waals surface area (Å²) in [6.07, 6.45) is 3.24. The summed E-state index contributed by atoms with van der Waals surface area (Å²) in [7, 11) is 0. The van der Waals surface area contributed by atoms with Crippen LogP contribution in [0.3, 0.4) is 0 Å². The highest BCUT2D eigenvalue weighted by Gasteiger charge is 2.26. The number of aryl methyl sites for hydroxylation is 2. The summed E-state index contributed by atoms with van der Waals surface area (Å²) in [5.41, 5.74) is 6.22. The van der Waals surface area contributed by atoms with Crippen LogP contribution in [0, 0.1) is 27.7 Å². The van der Waals surface area contributed by atoms with Gasteiger partial charge in [-0.25, -0.2) is 0 Å². The fourth-order valence-electron chi connectivity index (χ4n) is 3.29. The van der Waals surface area contributed by atoms with E-state index in [0.29, 0.717) is 12.1 Å². The first-order valence-electron chi connectivity index (χ1n) is 9.27. The zero-order valence-electron chi connectivity index (χ0n) is 17.3. The Labute approximate surface area is 165 Å². The SMILES string of the molecule is C/C=C(/CC=O)c1c(C)cc(OCc2ccc(C(C)(F)F)nc2C)c(C)c1C. The molecule has 1 heterocycles. The second-order valence-corrected chi connectivity index (χ2v) is 7.12. The summed E-state index contributed by atoms with van der Waals surface area (Å²) in [5, 5.41) is 0. The van der Waals surface area contributed by atoms with Crippen LogP contribution in [-0.4, -0.2) is 11.3 Å². The van der Waals surface area contributed by atoms with Crippen molar-refractivity contribution >= 4 is 11.9 Å². The van der Waals surface area contributed by atoms with Crippen LogP contribution < -0.4 is 4.74 Å². The average molecular weight is 387 g/mol. The smallest absolute Gasteiger partial charge is 0.286 e. The number of hydrogen-bond donors (Lipinski definition) is 0. The van der Waals surface area contributed by atoms with E-state index in [-0.39, 0.29) is 12.3 Å². The van der Waals surface area contributed by atoms with Gasteiger partial charge in [0.1, 0.15) is 24.3 Å². The number of nitrogens with zero attached hydrogens (tertiary/aromatic N) is 1. The van der Waals surface area contributed by atoms with Gasteiger partial charge >= 0.3 is 0 Å². The number of halogens is 2. The lowest BCUT2D eigenvalue weighted by atomic mass is 9.90. The lowest BCUT2D eigenvalue weighted by molar-refractivity contribution is -0.107. The fourth-order valence-corrected chi connectivity index (χ4v) is 3.29. The molecule has 1 aromatic heterocycles. The van der Waals surface area contributed by atoms with Crippen molar-refractivity contribution in [3.05, 3.63) is 63.5 Å². The number of alkyl halides is 2. The van der Waals surface area contributed by atoms with Crippen molar-refractivity contribution in [1.29, 1.82) is 0 Å². The Morgan fingerprint density at radius 1 is 1.18 bits per heavy atom. The highest BCUT2D eigenvalue weighted by Crippen LogP contribution is 2.33. The van der Waals surface area contributed by atoms with Crippen LogP contribution >= 0.6 is 0 Å². The maximum Gasteiger partial charge on any atom is 0.286 e. The van der Waals surface area contributed by atoms with Gasteiger partial charge in [-0.3, -0.25) is 4.98 Å². The zero-order chi connectivity index (χ0) is 21.1. The Hall–Kier alpha value is -2.56. The third-order valence-corrected chi connectivity index (χ3v) is 5.05. The summed E-state index contributed by atoms with van der Waals surface area (Å²) in [5.74, 6) is -2.22. The van der Waals surface area contributed by atoms with Crippen molar-refractivity contribution in [1.82, 2.24) is 4.98 Å². The van der Waals surface area contributed by atoms with Crippen molar-refractivity contribution in [3.63, 3.8) is 0 Å². The zero-order valence-corrected chi connectivity index (χ0v) is 17.3. The second-order valence-electron chi connectivity index (χ2n) is 7.12. The maximum atomic E-state index is 13.4. The van der Waals surface area contributed by atoms with Gasteiger partial charge in [0.2, 0.25) is 0 Å². The number of aromatic nitrogens is 1. The summed E-state index contributed by atoms with van der Waals surface area (Å²) < 4.78 is 32.9. The normalized spacial score (nSPS) is 12.2. The molecule has 0 aliphatic carbocycles. The molecule has 0 saturated carbocycles. The monoisotopic (exact) mass is 387 g/mol. The Morgan fingerprint density at radius 3 is 2.39 bits per heavy atom. The van der Waals surface area contributed by atoms with Gasteiger partial charge in [0.05, 0.1) is 0 Å². The van der Waals surface area contributed by atoms with E-state index in [1.54, 1.807) is 13.0 Å². The molecule has 2 rings (SSSR count). The quantitative estimate of drug-likeness (QED) is 0.547. The molecule has 3 nitrogen and oxygen atoms in total. The van der Waals surface area contributed by atoms with Crippen LogP contribution in [0.25, 0.3) is 5.57 Å². The van der Waals surface area contributed by atoms with Gasteiger partial charge in [-0.1, -0.05) is 12.1 Å². The van der Waals surface area contributed by atoms with E-state index < -0.39 is 5.92 Å². The molecule has 28 heavy (non-hydrogen) atoms. The number of pyridine rings is 1. The first kappa shape index (κ1) is 21.7. The minimum Gasteiger partial charge on any atom is -0.489 e. The molecular formula is C23H27F2NO2. The predicted molar refractivity (Wildman–Crippen MR) is 108 cm³/mol. The van der Waals surface area contributed by atoms with E-state index in [1.165, 1.54) is 6.07 Å². The van der Waals surface area contributed by atoms with Crippen LogP contribution in [0.4, 0.5) is 8.78 Å². The lowest BCUT2D eigenvalue weighted by Gasteiger charge is -2.19. The summed E-state index contributed by atoms with van der Waals surface area (Å²) >= 11 is 0. The van der Waals surface area contributed by atoms with Gasteiger partial charge in [-0.15, -0.1) is 0 Å². The fraction of sp³-hybridized carbons (Fsp3) is 0.391. The van der Waals surface area contributed by atoms with Crippen LogP contribution in [-0.2, 0) is 17.3 Å². The summed E-state index contributed by atoms with van der Waals surface area (Å²) in [6.45, 7) is 10.7. The van der Waals surface area contributed by atoms with Crippen LogP contribution in [0.1, 0.15) is 59.5 Å². The molecule has 0 amide bonds. The molecule has 0 aliphatic heterocycles. The van der Waals surface area contributed by atoms with E-state index >= 15 is 0 Å². The second kappa shape index (κ2) is 8.63. The van der Waals surface area contributed by atoms with E-state index in [0.717, 1.165) is 52.3 Å². The molecule has 5 heteroatoms. The summed E-state index contributed by atoms with van der Waals surface area (Å²) in [6, 6.07) is 4.94. The Morgan fingerprint density at radius 2 is 1.86 bits per heavy atom. The molecule has 2 aromatic rings. The van der Waals surface area contributed by atoms with Crippen LogP contribution in [0.15, 0.2) is 24.3 Å². The van der Waals surface area contributed by atoms with E-state index in [9.17, 15) is 13.6 Å². The molecule has 0 aliphatic rings. The van der Waals surface area contributed by atoms with Gasteiger partial charge in [0.25, 0.3) is 5.92 Å². The van der Waals surface area contributed by atoms with Gasteiger partial charge in [-0.2, -0.15) is 8.78 Å². The maximum absolute atomic E-state index is 13.4.